The van der Waals surface area contributed by atoms with Crippen molar-refractivity contribution in [3.05, 3.63) is 28.2 Å². The number of carbonyl (C=O) groups excluding carboxylic acids is 1. The zero-order chi connectivity index (χ0) is 12.4. The molecule has 1 heterocycles. The number of nitrogens with two attached hydrogens (primary N) is 1. The van der Waals surface area contributed by atoms with Gasteiger partial charge >= 0.3 is 0 Å². The van der Waals surface area contributed by atoms with E-state index < -0.39 is 0 Å². The lowest BCUT2D eigenvalue weighted by Gasteiger charge is -2.17. The number of benzene rings is 1. The minimum atomic E-state index is 0.00345. The van der Waals surface area contributed by atoms with Gasteiger partial charge in [0.2, 0.25) is 0 Å². The van der Waals surface area contributed by atoms with E-state index in [1.165, 1.54) is 0 Å². The van der Waals surface area contributed by atoms with Gasteiger partial charge in [0.05, 0.1) is 11.7 Å². The molecule has 0 aliphatic carbocycles. The number of halogens is 1. The van der Waals surface area contributed by atoms with Gasteiger partial charge in [-0.15, -0.1) is 0 Å². The molecular weight excluding hydrogens is 284 g/mol. The van der Waals surface area contributed by atoms with Crippen molar-refractivity contribution in [2.45, 2.75) is 12.5 Å². The van der Waals surface area contributed by atoms with E-state index in [9.17, 15) is 4.79 Å². The maximum absolute atomic E-state index is 12.3. The molecule has 92 valence electrons. The summed E-state index contributed by atoms with van der Waals surface area (Å²) in [7, 11) is 1.68. The highest BCUT2D eigenvalue weighted by Gasteiger charge is 2.27. The predicted octanol–water partition coefficient (Wildman–Crippen LogP) is 1.89. The molecule has 1 aromatic rings. The van der Waals surface area contributed by atoms with Crippen LogP contribution in [0.15, 0.2) is 22.7 Å². The van der Waals surface area contributed by atoms with Crippen molar-refractivity contribution in [3.8, 4) is 0 Å². The molecule has 0 spiro atoms. The molecule has 2 N–H and O–H groups in total. The number of hydrogen-bond acceptors (Lipinski definition) is 3. The Balaban J connectivity index is 2.17. The average Bonchev–Trinajstić information content (AvgIpc) is 2.80. The zero-order valence-electron chi connectivity index (χ0n) is 9.65. The number of methoxy groups -OCH3 is 1. The Morgan fingerprint density at radius 1 is 1.59 bits per heavy atom. The Morgan fingerprint density at radius 3 is 3.00 bits per heavy atom. The summed E-state index contributed by atoms with van der Waals surface area (Å²) in [4.78, 5) is 14.1. The van der Waals surface area contributed by atoms with E-state index in [4.69, 9.17) is 10.5 Å². The Kier molecular flexibility index (Phi) is 3.69. The van der Waals surface area contributed by atoms with Gasteiger partial charge in [0.1, 0.15) is 0 Å². The summed E-state index contributed by atoms with van der Waals surface area (Å²) < 4.78 is 6.03. The van der Waals surface area contributed by atoms with Crippen LogP contribution < -0.4 is 5.73 Å². The second-order valence-corrected chi connectivity index (χ2v) is 4.99. The number of anilines is 1. The second kappa shape index (κ2) is 5.06. The maximum Gasteiger partial charge on any atom is 0.255 e. The van der Waals surface area contributed by atoms with Crippen LogP contribution >= 0.6 is 15.9 Å². The Hall–Kier alpha value is -1.07. The number of likely N-dealkylation sites (tertiary alicyclic amines) is 1. The van der Waals surface area contributed by atoms with E-state index in [0.29, 0.717) is 17.8 Å². The van der Waals surface area contributed by atoms with Crippen LogP contribution in [0.4, 0.5) is 5.69 Å². The van der Waals surface area contributed by atoms with Gasteiger partial charge in [0.25, 0.3) is 5.91 Å². The van der Waals surface area contributed by atoms with Gasteiger partial charge in [-0.1, -0.05) is 0 Å². The Bertz CT molecular complexity index is 437. The zero-order valence-corrected chi connectivity index (χ0v) is 11.2. The molecule has 1 aliphatic heterocycles. The lowest BCUT2D eigenvalue weighted by atomic mass is 10.2. The van der Waals surface area contributed by atoms with Crippen molar-refractivity contribution in [2.24, 2.45) is 0 Å². The van der Waals surface area contributed by atoms with Crippen molar-refractivity contribution in [1.82, 2.24) is 4.90 Å². The van der Waals surface area contributed by atoms with E-state index in [1.54, 1.807) is 30.2 Å². The third-order valence-electron chi connectivity index (χ3n) is 2.99. The third kappa shape index (κ3) is 2.61. The van der Waals surface area contributed by atoms with Crippen molar-refractivity contribution in [1.29, 1.82) is 0 Å². The van der Waals surface area contributed by atoms with E-state index in [1.807, 2.05) is 0 Å². The van der Waals surface area contributed by atoms with Crippen molar-refractivity contribution in [3.63, 3.8) is 0 Å². The minimum Gasteiger partial charge on any atom is -0.399 e. The lowest BCUT2D eigenvalue weighted by Crippen LogP contribution is -2.30. The first-order valence-corrected chi connectivity index (χ1v) is 6.28. The standard InChI is InChI=1S/C12H15BrN2O2/c1-17-9-4-5-15(7-9)12(16)10-6-8(14)2-3-11(10)13/h2-3,6,9H,4-5,7,14H2,1H3. The summed E-state index contributed by atoms with van der Waals surface area (Å²) >= 11 is 3.38. The van der Waals surface area contributed by atoms with Gasteiger partial charge in [0, 0.05) is 30.4 Å². The predicted molar refractivity (Wildman–Crippen MR) is 69.9 cm³/mol. The number of ether oxygens (including phenoxy) is 1. The van der Waals surface area contributed by atoms with E-state index in [-0.39, 0.29) is 12.0 Å². The molecule has 1 aromatic carbocycles. The fourth-order valence-electron chi connectivity index (χ4n) is 1.98. The molecule has 4 nitrogen and oxygen atoms in total. The summed E-state index contributed by atoms with van der Waals surface area (Å²) in [5.74, 6) is 0.00345. The van der Waals surface area contributed by atoms with E-state index in [2.05, 4.69) is 15.9 Å². The first kappa shape index (κ1) is 12.4. The topological polar surface area (TPSA) is 55.6 Å². The number of nitrogen functional groups attached to an aromatic ring is 1. The minimum absolute atomic E-state index is 0.00345. The van der Waals surface area contributed by atoms with E-state index in [0.717, 1.165) is 17.4 Å². The van der Waals surface area contributed by atoms with Gasteiger partial charge in [-0.3, -0.25) is 4.79 Å². The van der Waals surface area contributed by atoms with Crippen molar-refractivity contribution >= 4 is 27.5 Å². The van der Waals surface area contributed by atoms with Gasteiger partial charge in [0.15, 0.2) is 0 Å². The smallest absolute Gasteiger partial charge is 0.255 e. The number of carbonyl (C=O) groups is 1. The molecule has 17 heavy (non-hydrogen) atoms. The molecule has 0 aromatic heterocycles. The molecule has 1 unspecified atom stereocenters. The third-order valence-corrected chi connectivity index (χ3v) is 3.68. The van der Waals surface area contributed by atoms with Crippen LogP contribution in [-0.4, -0.2) is 37.1 Å². The number of hydrogen-bond donors (Lipinski definition) is 1. The van der Waals surface area contributed by atoms with Gasteiger partial charge in [-0.2, -0.15) is 0 Å². The quantitative estimate of drug-likeness (QED) is 0.849. The highest BCUT2D eigenvalue weighted by atomic mass is 79.9. The Morgan fingerprint density at radius 2 is 2.35 bits per heavy atom. The highest BCUT2D eigenvalue weighted by Crippen LogP contribution is 2.23. The monoisotopic (exact) mass is 298 g/mol. The fourth-order valence-corrected chi connectivity index (χ4v) is 2.40. The van der Waals surface area contributed by atoms with Crippen molar-refractivity contribution < 1.29 is 9.53 Å². The molecule has 1 atom stereocenters. The SMILES string of the molecule is COC1CCN(C(=O)c2cc(N)ccc2Br)C1. The van der Waals surface area contributed by atoms with Crippen LogP contribution in [-0.2, 0) is 4.74 Å². The second-order valence-electron chi connectivity index (χ2n) is 4.14. The normalized spacial score (nSPS) is 19.6. The maximum atomic E-state index is 12.3. The highest BCUT2D eigenvalue weighted by molar-refractivity contribution is 9.10. The van der Waals surface area contributed by atoms with Gasteiger partial charge in [-0.25, -0.2) is 0 Å². The molecule has 1 saturated heterocycles. The first-order valence-electron chi connectivity index (χ1n) is 5.49. The summed E-state index contributed by atoms with van der Waals surface area (Å²) in [6, 6.07) is 5.27. The van der Waals surface area contributed by atoms with Gasteiger partial charge in [-0.05, 0) is 40.5 Å². The summed E-state index contributed by atoms with van der Waals surface area (Å²) in [6.07, 6.45) is 1.04. The molecule has 1 fully saturated rings. The van der Waals surface area contributed by atoms with E-state index >= 15 is 0 Å². The molecule has 2 rings (SSSR count). The average molecular weight is 299 g/mol. The largest absolute Gasteiger partial charge is 0.399 e. The molecule has 0 saturated carbocycles. The van der Waals surface area contributed by atoms with Crippen LogP contribution in [0, 0.1) is 0 Å². The Labute approximate surface area is 109 Å². The van der Waals surface area contributed by atoms with Gasteiger partial charge < -0.3 is 15.4 Å². The summed E-state index contributed by atoms with van der Waals surface area (Å²) in [5, 5.41) is 0. The number of nitrogens with zero attached hydrogens (tertiary/aromatic N) is 1. The van der Waals surface area contributed by atoms with Crippen LogP contribution in [0.3, 0.4) is 0 Å². The lowest BCUT2D eigenvalue weighted by molar-refractivity contribution is 0.0723. The van der Waals surface area contributed by atoms with Crippen molar-refractivity contribution in [2.75, 3.05) is 25.9 Å². The van der Waals surface area contributed by atoms with Crippen LogP contribution in [0.25, 0.3) is 0 Å². The molecule has 1 aliphatic rings. The van der Waals surface area contributed by atoms with Crippen LogP contribution in [0.1, 0.15) is 16.8 Å². The molecule has 1 amide bonds. The molecule has 0 radical (unpaired) electrons. The fraction of sp³-hybridized carbons (Fsp3) is 0.417. The molecule has 0 bridgehead atoms. The van der Waals surface area contributed by atoms with Crippen LogP contribution in [0.2, 0.25) is 0 Å². The first-order chi connectivity index (χ1) is 8.11. The summed E-state index contributed by atoms with van der Waals surface area (Å²) in [5.41, 5.74) is 6.91. The summed E-state index contributed by atoms with van der Waals surface area (Å²) in [6.45, 7) is 1.38. The van der Waals surface area contributed by atoms with Crippen LogP contribution in [0.5, 0.6) is 0 Å². The molecular formula is C12H15BrN2O2. The number of rotatable bonds is 2. The molecule has 5 heteroatoms. The number of amides is 1.